The van der Waals surface area contributed by atoms with Crippen molar-refractivity contribution >= 4 is 0 Å². The van der Waals surface area contributed by atoms with E-state index >= 15 is 0 Å². The Labute approximate surface area is 115 Å². The van der Waals surface area contributed by atoms with Crippen LogP contribution in [0.2, 0.25) is 0 Å². The van der Waals surface area contributed by atoms with Crippen molar-refractivity contribution in [2.75, 3.05) is 7.05 Å². The lowest BCUT2D eigenvalue weighted by Crippen LogP contribution is -2.22. The van der Waals surface area contributed by atoms with Crippen LogP contribution in [-0.2, 0) is 13.0 Å². The molecule has 0 aliphatic heterocycles. The Bertz CT molecular complexity index is 543. The van der Waals surface area contributed by atoms with Crippen LogP contribution in [0.3, 0.4) is 0 Å². The summed E-state index contributed by atoms with van der Waals surface area (Å²) in [5.41, 5.74) is 5.10. The molecule has 0 radical (unpaired) electrons. The van der Waals surface area contributed by atoms with Crippen LogP contribution in [0.25, 0.3) is 0 Å². The van der Waals surface area contributed by atoms with E-state index in [1.165, 1.54) is 16.8 Å². The molecule has 0 aliphatic carbocycles. The molecule has 102 valence electrons. The van der Waals surface area contributed by atoms with Crippen LogP contribution in [0, 0.1) is 13.8 Å². The van der Waals surface area contributed by atoms with Gasteiger partial charge in [-0.15, -0.1) is 0 Å². The highest BCUT2D eigenvalue weighted by Gasteiger charge is 2.16. The molecule has 0 saturated carbocycles. The van der Waals surface area contributed by atoms with Gasteiger partial charge in [0.05, 0.1) is 17.4 Å². The maximum absolute atomic E-state index is 4.54. The molecule has 2 rings (SSSR count). The standard InChI is InChI=1S/C16H23N3/c1-5-19-16(10-13(3)18-19)15(17-4)11-14-9-7-6-8-12(14)2/h6-10,15,17H,5,11H2,1-4H3. The van der Waals surface area contributed by atoms with Crippen molar-refractivity contribution in [3.05, 3.63) is 52.8 Å². The van der Waals surface area contributed by atoms with Crippen molar-refractivity contribution in [1.29, 1.82) is 0 Å². The first-order valence-corrected chi connectivity index (χ1v) is 6.91. The van der Waals surface area contributed by atoms with Crippen molar-refractivity contribution in [2.45, 2.75) is 39.8 Å². The molecule has 19 heavy (non-hydrogen) atoms. The second-order valence-electron chi connectivity index (χ2n) is 5.00. The van der Waals surface area contributed by atoms with Gasteiger partial charge in [-0.25, -0.2) is 0 Å². The van der Waals surface area contributed by atoms with E-state index in [4.69, 9.17) is 0 Å². The summed E-state index contributed by atoms with van der Waals surface area (Å²) in [6.07, 6.45) is 0.994. The van der Waals surface area contributed by atoms with E-state index < -0.39 is 0 Å². The van der Waals surface area contributed by atoms with Gasteiger partial charge in [0.1, 0.15) is 0 Å². The average molecular weight is 257 g/mol. The van der Waals surface area contributed by atoms with Crippen LogP contribution in [-0.4, -0.2) is 16.8 Å². The number of rotatable bonds is 5. The van der Waals surface area contributed by atoms with Crippen LogP contribution in [0.5, 0.6) is 0 Å². The Morgan fingerprint density at radius 3 is 2.63 bits per heavy atom. The molecule has 0 spiro atoms. The second kappa shape index (κ2) is 6.02. The molecule has 0 amide bonds. The summed E-state index contributed by atoms with van der Waals surface area (Å²) in [5, 5.41) is 7.96. The minimum atomic E-state index is 0.308. The number of nitrogens with one attached hydrogen (secondary N) is 1. The maximum atomic E-state index is 4.54. The number of aryl methyl sites for hydroxylation is 3. The molecular weight excluding hydrogens is 234 g/mol. The third-order valence-corrected chi connectivity index (χ3v) is 3.62. The van der Waals surface area contributed by atoms with Crippen LogP contribution in [0.15, 0.2) is 30.3 Å². The van der Waals surface area contributed by atoms with E-state index in [0.717, 1.165) is 18.7 Å². The van der Waals surface area contributed by atoms with Crippen LogP contribution in [0.4, 0.5) is 0 Å². The first kappa shape index (κ1) is 13.8. The van der Waals surface area contributed by atoms with E-state index in [1.807, 2.05) is 7.05 Å². The monoisotopic (exact) mass is 257 g/mol. The molecule has 1 N–H and O–H groups in total. The Morgan fingerprint density at radius 1 is 1.26 bits per heavy atom. The second-order valence-corrected chi connectivity index (χ2v) is 5.00. The normalized spacial score (nSPS) is 12.6. The van der Waals surface area contributed by atoms with Gasteiger partial charge in [-0.2, -0.15) is 5.10 Å². The highest BCUT2D eigenvalue weighted by atomic mass is 15.3. The zero-order chi connectivity index (χ0) is 13.8. The molecule has 1 heterocycles. The molecule has 0 bridgehead atoms. The Hall–Kier alpha value is -1.61. The molecule has 0 saturated heterocycles. The summed E-state index contributed by atoms with van der Waals surface area (Å²) in [6.45, 7) is 7.27. The molecule has 1 unspecified atom stereocenters. The van der Waals surface area contributed by atoms with Gasteiger partial charge in [-0.05, 0) is 51.4 Å². The Kier molecular flexibility index (Phi) is 4.38. The minimum absolute atomic E-state index is 0.308. The van der Waals surface area contributed by atoms with Gasteiger partial charge in [0.15, 0.2) is 0 Å². The quantitative estimate of drug-likeness (QED) is 0.892. The van der Waals surface area contributed by atoms with Crippen molar-refractivity contribution in [2.24, 2.45) is 0 Å². The largest absolute Gasteiger partial charge is 0.311 e. The van der Waals surface area contributed by atoms with E-state index in [2.05, 4.69) is 66.2 Å². The van der Waals surface area contributed by atoms with Crippen molar-refractivity contribution < 1.29 is 0 Å². The fourth-order valence-electron chi connectivity index (χ4n) is 2.51. The topological polar surface area (TPSA) is 29.9 Å². The lowest BCUT2D eigenvalue weighted by atomic mass is 9.99. The average Bonchev–Trinajstić information content (AvgIpc) is 2.79. The molecule has 1 aromatic carbocycles. The van der Waals surface area contributed by atoms with Crippen LogP contribution < -0.4 is 5.32 Å². The highest BCUT2D eigenvalue weighted by molar-refractivity contribution is 5.28. The van der Waals surface area contributed by atoms with Gasteiger partial charge in [0, 0.05) is 6.54 Å². The third-order valence-electron chi connectivity index (χ3n) is 3.62. The van der Waals surface area contributed by atoms with Crippen molar-refractivity contribution in [1.82, 2.24) is 15.1 Å². The number of benzene rings is 1. The van der Waals surface area contributed by atoms with Gasteiger partial charge in [0.25, 0.3) is 0 Å². The first-order chi connectivity index (χ1) is 9.15. The van der Waals surface area contributed by atoms with E-state index in [1.54, 1.807) is 0 Å². The summed E-state index contributed by atoms with van der Waals surface area (Å²) in [4.78, 5) is 0. The fourth-order valence-corrected chi connectivity index (χ4v) is 2.51. The lowest BCUT2D eigenvalue weighted by Gasteiger charge is -2.18. The van der Waals surface area contributed by atoms with Gasteiger partial charge in [0.2, 0.25) is 0 Å². The number of hydrogen-bond acceptors (Lipinski definition) is 2. The molecule has 3 heteroatoms. The summed E-state index contributed by atoms with van der Waals surface area (Å²) in [5.74, 6) is 0. The number of nitrogens with zero attached hydrogens (tertiary/aromatic N) is 2. The first-order valence-electron chi connectivity index (χ1n) is 6.91. The zero-order valence-electron chi connectivity index (χ0n) is 12.3. The van der Waals surface area contributed by atoms with E-state index in [-0.39, 0.29) is 0 Å². The molecule has 2 aromatic rings. The van der Waals surface area contributed by atoms with Gasteiger partial charge >= 0.3 is 0 Å². The summed E-state index contributed by atoms with van der Waals surface area (Å²) >= 11 is 0. The van der Waals surface area contributed by atoms with Crippen molar-refractivity contribution in [3.63, 3.8) is 0 Å². The number of likely N-dealkylation sites (N-methyl/N-ethyl adjacent to an activating group) is 1. The Morgan fingerprint density at radius 2 is 2.00 bits per heavy atom. The molecule has 0 aliphatic rings. The van der Waals surface area contributed by atoms with Crippen LogP contribution >= 0.6 is 0 Å². The predicted octanol–water partition coefficient (Wildman–Crippen LogP) is 3.02. The zero-order valence-corrected chi connectivity index (χ0v) is 12.3. The lowest BCUT2D eigenvalue weighted by molar-refractivity contribution is 0.512. The molecule has 3 nitrogen and oxygen atoms in total. The molecular formula is C16H23N3. The smallest absolute Gasteiger partial charge is 0.0597 e. The van der Waals surface area contributed by atoms with Crippen molar-refractivity contribution in [3.8, 4) is 0 Å². The van der Waals surface area contributed by atoms with Gasteiger partial charge in [-0.1, -0.05) is 24.3 Å². The SMILES string of the molecule is CCn1nc(C)cc1C(Cc1ccccc1C)NC. The summed E-state index contributed by atoms with van der Waals surface area (Å²) in [7, 11) is 2.02. The third kappa shape index (κ3) is 3.04. The van der Waals surface area contributed by atoms with Crippen LogP contribution in [0.1, 0.15) is 35.5 Å². The summed E-state index contributed by atoms with van der Waals surface area (Å²) < 4.78 is 2.09. The van der Waals surface area contributed by atoms with Gasteiger partial charge in [-0.3, -0.25) is 4.68 Å². The molecule has 0 fully saturated rings. The number of aromatic nitrogens is 2. The van der Waals surface area contributed by atoms with E-state index in [9.17, 15) is 0 Å². The van der Waals surface area contributed by atoms with E-state index in [0.29, 0.717) is 6.04 Å². The molecule has 1 atom stereocenters. The number of hydrogen-bond donors (Lipinski definition) is 1. The highest BCUT2D eigenvalue weighted by Crippen LogP contribution is 2.21. The maximum Gasteiger partial charge on any atom is 0.0597 e. The predicted molar refractivity (Wildman–Crippen MR) is 79.3 cm³/mol. The molecule has 1 aromatic heterocycles. The fraction of sp³-hybridized carbons (Fsp3) is 0.438. The van der Waals surface area contributed by atoms with Gasteiger partial charge < -0.3 is 5.32 Å². The Balaban J connectivity index is 2.27. The summed E-state index contributed by atoms with van der Waals surface area (Å²) in [6, 6.07) is 11.1. The minimum Gasteiger partial charge on any atom is -0.311 e.